The van der Waals surface area contributed by atoms with Crippen LogP contribution in [0.4, 0.5) is 5.69 Å². The summed E-state index contributed by atoms with van der Waals surface area (Å²) >= 11 is 0. The topological polar surface area (TPSA) is 82.4 Å². The van der Waals surface area contributed by atoms with Crippen molar-refractivity contribution in [3.05, 3.63) is 65.0 Å². The number of amides is 1. The minimum absolute atomic E-state index is 0.203. The van der Waals surface area contributed by atoms with E-state index in [1.165, 1.54) is 7.11 Å². The van der Waals surface area contributed by atoms with E-state index in [0.717, 1.165) is 23.2 Å². The summed E-state index contributed by atoms with van der Waals surface area (Å²) in [6.07, 6.45) is 0.719. The SMILES string of the molecule is COc1cc(C=O)ccc1OCC(=O)Nc1c(C)nn(-c2ccc(C)cc2)c1C. The van der Waals surface area contributed by atoms with Crippen molar-refractivity contribution in [2.24, 2.45) is 0 Å². The van der Waals surface area contributed by atoms with Crippen molar-refractivity contribution < 1.29 is 19.1 Å². The molecule has 0 unspecified atom stereocenters. The molecule has 0 aliphatic rings. The smallest absolute Gasteiger partial charge is 0.262 e. The molecule has 0 spiro atoms. The average molecular weight is 393 g/mol. The van der Waals surface area contributed by atoms with Crippen LogP contribution in [-0.4, -0.2) is 35.7 Å². The summed E-state index contributed by atoms with van der Waals surface area (Å²) in [4.78, 5) is 23.3. The zero-order valence-electron chi connectivity index (χ0n) is 16.9. The van der Waals surface area contributed by atoms with Gasteiger partial charge in [0.25, 0.3) is 5.91 Å². The first-order chi connectivity index (χ1) is 13.9. The van der Waals surface area contributed by atoms with Crippen molar-refractivity contribution in [2.75, 3.05) is 19.0 Å². The summed E-state index contributed by atoms with van der Waals surface area (Å²) in [6, 6.07) is 12.8. The fourth-order valence-corrected chi connectivity index (χ4v) is 2.96. The van der Waals surface area contributed by atoms with E-state index in [2.05, 4.69) is 10.4 Å². The Morgan fingerprint density at radius 2 is 1.83 bits per heavy atom. The Hall–Kier alpha value is -3.61. The fraction of sp³-hybridized carbons (Fsp3) is 0.227. The lowest BCUT2D eigenvalue weighted by molar-refractivity contribution is -0.118. The van der Waals surface area contributed by atoms with E-state index in [1.54, 1.807) is 22.9 Å². The van der Waals surface area contributed by atoms with Gasteiger partial charge >= 0.3 is 0 Å². The molecule has 0 radical (unpaired) electrons. The number of aryl methyl sites for hydroxylation is 2. The summed E-state index contributed by atoms with van der Waals surface area (Å²) in [5.74, 6) is 0.458. The standard InChI is InChI=1S/C22H23N3O4/c1-14-5-8-18(9-6-14)25-16(3)22(15(2)24-25)23-21(27)13-29-19-10-7-17(12-26)11-20(19)28-4/h5-12H,13H2,1-4H3,(H,23,27). The first kappa shape index (κ1) is 20.1. The molecule has 0 aliphatic carbocycles. The van der Waals surface area contributed by atoms with E-state index < -0.39 is 0 Å². The number of nitrogens with one attached hydrogen (secondary N) is 1. The fourth-order valence-electron chi connectivity index (χ4n) is 2.96. The van der Waals surface area contributed by atoms with Gasteiger partial charge in [0.05, 0.1) is 29.9 Å². The van der Waals surface area contributed by atoms with Gasteiger partial charge in [0.2, 0.25) is 0 Å². The predicted octanol–water partition coefficient (Wildman–Crippen LogP) is 3.64. The Morgan fingerprint density at radius 3 is 2.48 bits per heavy atom. The van der Waals surface area contributed by atoms with Gasteiger partial charge in [-0.1, -0.05) is 17.7 Å². The largest absolute Gasteiger partial charge is 0.493 e. The Bertz CT molecular complexity index is 1040. The van der Waals surface area contributed by atoms with Gasteiger partial charge in [0.1, 0.15) is 6.29 Å². The average Bonchev–Trinajstić information content (AvgIpc) is 3.00. The molecule has 3 aromatic rings. The normalized spacial score (nSPS) is 10.5. The predicted molar refractivity (Wildman–Crippen MR) is 110 cm³/mol. The van der Waals surface area contributed by atoms with Crippen LogP contribution in [0.25, 0.3) is 5.69 Å². The van der Waals surface area contributed by atoms with Crippen molar-refractivity contribution >= 4 is 17.9 Å². The molecule has 0 saturated heterocycles. The summed E-state index contributed by atoms with van der Waals surface area (Å²) in [6.45, 7) is 5.57. The lowest BCUT2D eigenvalue weighted by atomic mass is 10.2. The number of aldehydes is 1. The lowest BCUT2D eigenvalue weighted by Crippen LogP contribution is -2.21. The van der Waals surface area contributed by atoms with Crippen LogP contribution < -0.4 is 14.8 Å². The molecule has 29 heavy (non-hydrogen) atoms. The van der Waals surface area contributed by atoms with E-state index >= 15 is 0 Å². The molecule has 7 heteroatoms. The Balaban J connectivity index is 1.71. The highest BCUT2D eigenvalue weighted by molar-refractivity contribution is 5.93. The molecule has 0 saturated carbocycles. The minimum Gasteiger partial charge on any atom is -0.493 e. The molecular weight excluding hydrogens is 370 g/mol. The first-order valence-electron chi connectivity index (χ1n) is 9.12. The summed E-state index contributed by atoms with van der Waals surface area (Å²) in [7, 11) is 1.48. The number of rotatable bonds is 7. The molecule has 7 nitrogen and oxygen atoms in total. The van der Waals surface area contributed by atoms with Gasteiger partial charge in [-0.25, -0.2) is 4.68 Å². The van der Waals surface area contributed by atoms with Crippen LogP contribution in [0.3, 0.4) is 0 Å². The maximum atomic E-state index is 12.4. The summed E-state index contributed by atoms with van der Waals surface area (Å²) < 4.78 is 12.6. The van der Waals surface area contributed by atoms with Gasteiger partial charge in [0.15, 0.2) is 18.1 Å². The Morgan fingerprint density at radius 1 is 1.10 bits per heavy atom. The number of anilines is 1. The monoisotopic (exact) mass is 393 g/mol. The maximum absolute atomic E-state index is 12.4. The molecule has 150 valence electrons. The quantitative estimate of drug-likeness (QED) is 0.620. The van der Waals surface area contributed by atoms with Crippen LogP contribution >= 0.6 is 0 Å². The zero-order chi connectivity index (χ0) is 21.0. The van der Waals surface area contributed by atoms with Crippen molar-refractivity contribution in [1.82, 2.24) is 9.78 Å². The van der Waals surface area contributed by atoms with Crippen LogP contribution in [0, 0.1) is 20.8 Å². The van der Waals surface area contributed by atoms with Crippen LogP contribution in [0.5, 0.6) is 11.5 Å². The molecular formula is C22H23N3O4. The molecule has 0 atom stereocenters. The highest BCUT2D eigenvalue weighted by Crippen LogP contribution is 2.28. The van der Waals surface area contributed by atoms with Crippen molar-refractivity contribution in [3.63, 3.8) is 0 Å². The highest BCUT2D eigenvalue weighted by Gasteiger charge is 2.16. The third-order valence-corrected chi connectivity index (χ3v) is 4.52. The second kappa shape index (κ2) is 8.60. The van der Waals surface area contributed by atoms with Gasteiger partial charge in [0, 0.05) is 5.56 Å². The second-order valence-electron chi connectivity index (χ2n) is 6.66. The van der Waals surface area contributed by atoms with Gasteiger partial charge in [-0.05, 0) is 51.1 Å². The molecule has 1 heterocycles. The third kappa shape index (κ3) is 4.45. The molecule has 0 aliphatic heterocycles. The van der Waals surface area contributed by atoms with Crippen molar-refractivity contribution in [3.8, 4) is 17.2 Å². The molecule has 0 bridgehead atoms. The van der Waals surface area contributed by atoms with Gasteiger partial charge < -0.3 is 14.8 Å². The lowest BCUT2D eigenvalue weighted by Gasteiger charge is -2.11. The van der Waals surface area contributed by atoms with Crippen LogP contribution in [0.2, 0.25) is 0 Å². The number of nitrogens with zero attached hydrogens (tertiary/aromatic N) is 2. The number of methoxy groups -OCH3 is 1. The number of carbonyl (C=O) groups is 2. The second-order valence-corrected chi connectivity index (χ2v) is 6.66. The van der Waals surface area contributed by atoms with Gasteiger partial charge in [-0.2, -0.15) is 5.10 Å². The number of carbonyl (C=O) groups excluding carboxylic acids is 2. The number of hydrogen-bond acceptors (Lipinski definition) is 5. The highest BCUT2D eigenvalue weighted by atomic mass is 16.5. The van der Waals surface area contributed by atoms with Crippen molar-refractivity contribution in [1.29, 1.82) is 0 Å². The van der Waals surface area contributed by atoms with Crippen LogP contribution in [0.15, 0.2) is 42.5 Å². The van der Waals surface area contributed by atoms with E-state index in [9.17, 15) is 9.59 Å². The zero-order valence-corrected chi connectivity index (χ0v) is 16.9. The van der Waals surface area contributed by atoms with E-state index in [1.807, 2.05) is 45.0 Å². The maximum Gasteiger partial charge on any atom is 0.262 e. The van der Waals surface area contributed by atoms with Crippen LogP contribution in [0.1, 0.15) is 27.3 Å². The molecule has 1 aromatic heterocycles. The Labute approximate surface area is 169 Å². The number of ether oxygens (including phenoxy) is 2. The minimum atomic E-state index is -0.318. The number of aromatic nitrogens is 2. The molecule has 3 rings (SSSR count). The van der Waals surface area contributed by atoms with E-state index in [-0.39, 0.29) is 12.5 Å². The summed E-state index contributed by atoms with van der Waals surface area (Å²) in [5, 5.41) is 7.40. The van der Waals surface area contributed by atoms with Crippen LogP contribution in [-0.2, 0) is 4.79 Å². The number of hydrogen-bond donors (Lipinski definition) is 1. The molecule has 1 N–H and O–H groups in total. The molecule has 2 aromatic carbocycles. The van der Waals surface area contributed by atoms with E-state index in [0.29, 0.717) is 28.4 Å². The van der Waals surface area contributed by atoms with Crippen molar-refractivity contribution in [2.45, 2.75) is 20.8 Å². The molecule has 0 fully saturated rings. The van der Waals surface area contributed by atoms with Gasteiger partial charge in [-0.15, -0.1) is 0 Å². The molecule has 1 amide bonds. The third-order valence-electron chi connectivity index (χ3n) is 4.52. The Kier molecular flexibility index (Phi) is 5.97. The van der Waals surface area contributed by atoms with Gasteiger partial charge in [-0.3, -0.25) is 9.59 Å². The first-order valence-corrected chi connectivity index (χ1v) is 9.12. The van der Waals surface area contributed by atoms with E-state index in [4.69, 9.17) is 9.47 Å². The summed E-state index contributed by atoms with van der Waals surface area (Å²) in [5.41, 5.74) is 4.75. The number of benzene rings is 2.